The lowest BCUT2D eigenvalue weighted by Gasteiger charge is -2.42. The molecule has 0 fully saturated rings. The minimum absolute atomic E-state index is 0.149. The van der Waals surface area contributed by atoms with E-state index in [1.54, 1.807) is 6.07 Å². The smallest absolute Gasteiger partial charge is 0.133 e. The van der Waals surface area contributed by atoms with E-state index in [9.17, 15) is 9.50 Å². The van der Waals surface area contributed by atoms with E-state index in [-0.39, 0.29) is 24.8 Å². The molecule has 2 atom stereocenters. The maximum absolute atomic E-state index is 15.0. The Balaban J connectivity index is 1.28. The van der Waals surface area contributed by atoms with Gasteiger partial charge < -0.3 is 20.7 Å². The third-order valence-electron chi connectivity index (χ3n) is 8.42. The van der Waals surface area contributed by atoms with Crippen molar-refractivity contribution in [2.45, 2.75) is 24.5 Å². The molecule has 0 saturated heterocycles. The van der Waals surface area contributed by atoms with Crippen LogP contribution in [0.25, 0.3) is 11.1 Å². The number of nitrogens with zero attached hydrogens (tertiary/aromatic N) is 2. The number of aliphatic hydroxyl groups excluding tert-OH is 1. The summed E-state index contributed by atoms with van der Waals surface area (Å²) in [7, 11) is 0. The van der Waals surface area contributed by atoms with Crippen LogP contribution in [-0.4, -0.2) is 33.9 Å². The molecular formula is C38H37FN4O. The van der Waals surface area contributed by atoms with Gasteiger partial charge in [0, 0.05) is 42.9 Å². The number of imidazole rings is 1. The van der Waals surface area contributed by atoms with Crippen LogP contribution >= 0.6 is 0 Å². The van der Waals surface area contributed by atoms with E-state index < -0.39 is 11.6 Å². The third kappa shape index (κ3) is 6.00. The van der Waals surface area contributed by atoms with Gasteiger partial charge in [-0.25, -0.2) is 9.37 Å². The Bertz CT molecular complexity index is 1690. The van der Waals surface area contributed by atoms with Crippen LogP contribution in [-0.2, 0) is 12.0 Å². The lowest BCUT2D eigenvalue weighted by molar-refractivity contribution is 0.196. The predicted molar refractivity (Wildman–Crippen MR) is 176 cm³/mol. The molecule has 4 N–H and O–H groups in total. The number of aliphatic hydroxyl groups is 1. The molecule has 5 nitrogen and oxygen atoms in total. The summed E-state index contributed by atoms with van der Waals surface area (Å²) in [6.45, 7) is 0.419. The van der Waals surface area contributed by atoms with Crippen molar-refractivity contribution >= 4 is 5.69 Å². The minimum atomic E-state index is -0.675. The second-order valence-electron chi connectivity index (χ2n) is 11.3. The first-order valence-corrected chi connectivity index (χ1v) is 15.1. The summed E-state index contributed by atoms with van der Waals surface area (Å²) >= 11 is 0. The van der Waals surface area contributed by atoms with E-state index in [0.29, 0.717) is 17.7 Å². The average Bonchev–Trinajstić information content (AvgIpc) is 3.54. The fourth-order valence-electron chi connectivity index (χ4n) is 6.20. The molecule has 1 heterocycles. The number of benzene rings is 4. The van der Waals surface area contributed by atoms with Crippen molar-refractivity contribution in [3.05, 3.63) is 168 Å². The van der Waals surface area contributed by atoms with Crippen LogP contribution in [0.3, 0.4) is 0 Å². The summed E-state index contributed by atoms with van der Waals surface area (Å²) in [5.74, 6) is -0.130. The zero-order valence-corrected chi connectivity index (χ0v) is 24.6. The largest absolute Gasteiger partial charge is 0.390 e. The lowest BCUT2D eigenvalue weighted by Crippen LogP contribution is -2.42. The highest BCUT2D eigenvalue weighted by molar-refractivity contribution is 5.67. The van der Waals surface area contributed by atoms with Crippen molar-refractivity contribution < 1.29 is 9.50 Å². The normalized spacial score (nSPS) is 15.3. The molecule has 6 heteroatoms. The molecular weight excluding hydrogens is 547 g/mol. The molecule has 0 radical (unpaired) electrons. The first-order valence-electron chi connectivity index (χ1n) is 15.1. The van der Waals surface area contributed by atoms with Crippen LogP contribution < -0.4 is 11.1 Å². The molecule has 1 aliphatic carbocycles. The van der Waals surface area contributed by atoms with Gasteiger partial charge in [-0.2, -0.15) is 0 Å². The topological polar surface area (TPSA) is 76.1 Å². The number of allylic oxidation sites excluding steroid dienone is 4. The number of anilines is 1. The van der Waals surface area contributed by atoms with E-state index in [0.717, 1.165) is 23.2 Å². The van der Waals surface area contributed by atoms with E-state index in [4.69, 9.17) is 10.7 Å². The number of aromatic nitrogens is 2. The monoisotopic (exact) mass is 584 g/mol. The molecule has 0 aliphatic heterocycles. The third-order valence-corrected chi connectivity index (χ3v) is 8.42. The molecule has 0 bridgehead atoms. The van der Waals surface area contributed by atoms with Crippen molar-refractivity contribution in [3.8, 4) is 11.1 Å². The van der Waals surface area contributed by atoms with Crippen LogP contribution in [0, 0.1) is 11.7 Å². The fourth-order valence-corrected chi connectivity index (χ4v) is 6.20. The van der Waals surface area contributed by atoms with Gasteiger partial charge in [-0.15, -0.1) is 0 Å². The second-order valence-corrected chi connectivity index (χ2v) is 11.3. The van der Waals surface area contributed by atoms with E-state index in [1.807, 2.05) is 36.7 Å². The highest BCUT2D eigenvalue weighted by Crippen LogP contribution is 2.44. The van der Waals surface area contributed by atoms with Gasteiger partial charge in [0.2, 0.25) is 0 Å². The zero-order chi connectivity index (χ0) is 30.4. The fraction of sp³-hybridized carbons (Fsp3) is 0.184. The Labute approximate surface area is 258 Å². The summed E-state index contributed by atoms with van der Waals surface area (Å²) in [5.41, 5.74) is 11.4. The van der Waals surface area contributed by atoms with Crippen LogP contribution in [0.2, 0.25) is 0 Å². The average molecular weight is 585 g/mol. The van der Waals surface area contributed by atoms with Crippen molar-refractivity contribution in [2.24, 2.45) is 11.7 Å². The van der Waals surface area contributed by atoms with Gasteiger partial charge in [0.1, 0.15) is 11.4 Å². The van der Waals surface area contributed by atoms with Crippen LogP contribution in [0.5, 0.6) is 0 Å². The van der Waals surface area contributed by atoms with E-state index >= 15 is 0 Å². The van der Waals surface area contributed by atoms with Gasteiger partial charge in [-0.05, 0) is 46.9 Å². The SMILES string of the molecule is NCC(O)CNc1ccc(-c2ccc(Cc3cn(C(c4ccccc4)(c4ccccc4)C4C=CC=CC4)cn3)cc2)c(F)c1. The molecule has 222 valence electrons. The molecule has 0 saturated carbocycles. The van der Waals surface area contributed by atoms with Gasteiger partial charge in [0.05, 0.1) is 18.1 Å². The molecule has 1 aromatic heterocycles. The van der Waals surface area contributed by atoms with Crippen molar-refractivity contribution in [2.75, 3.05) is 18.4 Å². The molecule has 44 heavy (non-hydrogen) atoms. The molecule has 2 unspecified atom stereocenters. The van der Waals surface area contributed by atoms with Gasteiger partial charge in [0.25, 0.3) is 0 Å². The van der Waals surface area contributed by atoms with E-state index in [2.05, 4.69) is 101 Å². The Morgan fingerprint density at radius 2 is 1.64 bits per heavy atom. The van der Waals surface area contributed by atoms with Crippen LogP contribution in [0.4, 0.5) is 10.1 Å². The van der Waals surface area contributed by atoms with Crippen molar-refractivity contribution in [3.63, 3.8) is 0 Å². The summed E-state index contributed by atoms with van der Waals surface area (Å²) in [4.78, 5) is 4.89. The number of nitrogens with two attached hydrogens (primary N) is 1. The van der Waals surface area contributed by atoms with Gasteiger partial charge in [0.15, 0.2) is 0 Å². The molecule has 6 rings (SSSR count). The first-order chi connectivity index (χ1) is 21.6. The summed E-state index contributed by atoms with van der Waals surface area (Å²) in [5, 5.41) is 12.7. The van der Waals surface area contributed by atoms with Crippen molar-refractivity contribution in [1.82, 2.24) is 9.55 Å². The first kappa shape index (κ1) is 29.3. The predicted octanol–water partition coefficient (Wildman–Crippen LogP) is 6.94. The molecule has 0 spiro atoms. The standard InChI is InChI=1S/C38H37FN4O/c39-37-23-33(41-25-35(44)24-40)20-21-36(37)29-18-16-28(17-19-29)22-34-26-43(27-42-34)38(30-10-4-1-5-11-30,31-12-6-2-7-13-31)32-14-8-3-9-15-32/h1-14,16-21,23,26-27,32,35,41,44H,15,22,24-25,40H2. The Morgan fingerprint density at radius 1 is 0.932 bits per heavy atom. The maximum Gasteiger partial charge on any atom is 0.133 e. The van der Waals surface area contributed by atoms with Gasteiger partial charge in [-0.3, -0.25) is 0 Å². The van der Waals surface area contributed by atoms with Crippen LogP contribution in [0.15, 0.2) is 140 Å². The summed E-state index contributed by atoms with van der Waals surface area (Å²) < 4.78 is 17.3. The second kappa shape index (κ2) is 13.2. The zero-order valence-electron chi connectivity index (χ0n) is 24.6. The molecule has 0 amide bonds. The highest BCUT2D eigenvalue weighted by atomic mass is 19.1. The number of nitrogens with one attached hydrogen (secondary N) is 1. The Hall–Kier alpha value is -4.78. The number of hydrogen-bond acceptors (Lipinski definition) is 4. The van der Waals surface area contributed by atoms with Gasteiger partial charge >= 0.3 is 0 Å². The Morgan fingerprint density at radius 3 is 2.25 bits per heavy atom. The maximum atomic E-state index is 15.0. The number of halogens is 1. The number of rotatable bonds is 11. The Kier molecular flexibility index (Phi) is 8.82. The summed E-state index contributed by atoms with van der Waals surface area (Å²) in [6, 6.07) is 34.4. The number of hydrogen-bond donors (Lipinski definition) is 3. The lowest BCUT2D eigenvalue weighted by atomic mass is 9.70. The highest BCUT2D eigenvalue weighted by Gasteiger charge is 2.42. The molecule has 5 aromatic rings. The molecule has 1 aliphatic rings. The summed E-state index contributed by atoms with van der Waals surface area (Å²) in [6.07, 6.45) is 13.8. The van der Waals surface area contributed by atoms with Crippen LogP contribution in [0.1, 0.15) is 28.8 Å². The van der Waals surface area contributed by atoms with Crippen molar-refractivity contribution in [1.29, 1.82) is 0 Å². The molecule has 4 aromatic carbocycles. The van der Waals surface area contributed by atoms with E-state index in [1.165, 1.54) is 17.2 Å². The quantitative estimate of drug-likeness (QED) is 0.157. The minimum Gasteiger partial charge on any atom is -0.390 e. The van der Waals surface area contributed by atoms with Gasteiger partial charge in [-0.1, -0.05) is 109 Å².